The average Bonchev–Trinajstić information content (AvgIpc) is 3.07. The van der Waals surface area contributed by atoms with Crippen LogP contribution in [0.2, 0.25) is 0 Å². The van der Waals surface area contributed by atoms with E-state index in [0.29, 0.717) is 0 Å². The van der Waals surface area contributed by atoms with Crippen molar-refractivity contribution in [1.29, 1.82) is 0 Å². The summed E-state index contributed by atoms with van der Waals surface area (Å²) in [5.74, 6) is 0. The van der Waals surface area contributed by atoms with E-state index in [1.54, 1.807) is 0 Å². The monoisotopic (exact) mass is 619 g/mol. The quantitative estimate of drug-likeness (QED) is 0.136. The van der Waals surface area contributed by atoms with E-state index < -0.39 is 0 Å². The molecule has 199 valence electrons. The zero-order chi connectivity index (χ0) is 27.9. The summed E-state index contributed by atoms with van der Waals surface area (Å²) < 4.78 is 0. The molecule has 0 unspecified atom stereocenters. The van der Waals surface area contributed by atoms with E-state index in [1.165, 1.54) is 60.1 Å². The van der Waals surface area contributed by atoms with Crippen molar-refractivity contribution in [2.24, 2.45) is 0 Å². The summed E-state index contributed by atoms with van der Waals surface area (Å²) in [6, 6.07) is 63.6. The summed E-state index contributed by atoms with van der Waals surface area (Å²) in [4.78, 5) is 0. The van der Waals surface area contributed by atoms with Crippen LogP contribution in [0.5, 0.6) is 0 Å². The van der Waals surface area contributed by atoms with Gasteiger partial charge in [0.2, 0.25) is 0 Å². The molecule has 8 rings (SSSR count). The van der Waals surface area contributed by atoms with Crippen LogP contribution in [0.15, 0.2) is 158 Å². The summed E-state index contributed by atoms with van der Waals surface area (Å²) >= 11 is 0. The first-order valence-electron chi connectivity index (χ1n) is 14.4. The smallest absolute Gasteiger partial charge is 0 e. The van der Waals surface area contributed by atoms with E-state index in [0.717, 1.165) is 16.7 Å². The van der Waals surface area contributed by atoms with Gasteiger partial charge in [-0.2, -0.15) is 35.9 Å². The topological polar surface area (TPSA) is 0 Å². The predicted molar refractivity (Wildman–Crippen MR) is 178 cm³/mol. The minimum absolute atomic E-state index is 0. The van der Waals surface area contributed by atoms with Gasteiger partial charge in [-0.05, 0) is 55.1 Å². The minimum atomic E-state index is 0. The molecule has 0 amide bonds. The van der Waals surface area contributed by atoms with Crippen LogP contribution in [0.1, 0.15) is 0 Å². The maximum Gasteiger partial charge on any atom is 0 e. The van der Waals surface area contributed by atoms with Gasteiger partial charge >= 0.3 is 0 Å². The van der Waals surface area contributed by atoms with Crippen LogP contribution in [0.3, 0.4) is 0 Å². The molecule has 43 heavy (non-hydrogen) atoms. The molecule has 0 aliphatic heterocycles. The Balaban J connectivity index is 0.00000300. The van der Waals surface area contributed by atoms with Crippen molar-refractivity contribution in [3.05, 3.63) is 170 Å². The third-order valence-corrected chi connectivity index (χ3v) is 8.23. The van der Waals surface area contributed by atoms with Crippen molar-refractivity contribution in [2.75, 3.05) is 0 Å². The standard InChI is InChI=1S/C42H26.Y/c1-2-12-29(13-3-1)32-16-10-17-33(26-32)34-18-11-19-35(28-34)41-37-20-6-8-22-39(37)42(40-23-9-7-21-38(40)41)36-25-24-30-14-4-5-15-31(30)27-36;/h1-16,18-27H;/q-2;. The van der Waals surface area contributed by atoms with Gasteiger partial charge in [0.1, 0.15) is 0 Å². The normalized spacial score (nSPS) is 11.1. The third kappa shape index (κ3) is 5.02. The molecule has 8 aromatic rings. The SMILES string of the molecule is [Y].[c-]1ccc(-c2ccccc2)cc1-c1[c-]c(-c2c3ccccc3c(-c3ccc4ccccc4c3)c3ccccc23)ccc1. The van der Waals surface area contributed by atoms with E-state index in [-0.39, 0.29) is 32.7 Å². The Labute approximate surface area is 277 Å². The Hall–Kier alpha value is -4.36. The molecule has 0 saturated carbocycles. The van der Waals surface area contributed by atoms with E-state index in [9.17, 15) is 0 Å². The molecule has 0 atom stereocenters. The molecule has 0 aliphatic rings. The molecule has 0 fully saturated rings. The maximum absolute atomic E-state index is 3.79. The summed E-state index contributed by atoms with van der Waals surface area (Å²) in [6.07, 6.45) is 0. The van der Waals surface area contributed by atoms with Crippen molar-refractivity contribution in [1.82, 2.24) is 0 Å². The molecule has 1 heteroatoms. The van der Waals surface area contributed by atoms with Gasteiger partial charge in [-0.3, -0.25) is 0 Å². The molecular weight excluding hydrogens is 593 g/mol. The number of fused-ring (bicyclic) bond motifs is 3. The van der Waals surface area contributed by atoms with Crippen LogP contribution in [0.4, 0.5) is 0 Å². The van der Waals surface area contributed by atoms with E-state index in [2.05, 4.69) is 164 Å². The molecule has 0 N–H and O–H groups in total. The van der Waals surface area contributed by atoms with Gasteiger partial charge < -0.3 is 0 Å². The van der Waals surface area contributed by atoms with Crippen LogP contribution >= 0.6 is 0 Å². The molecule has 0 bridgehead atoms. The van der Waals surface area contributed by atoms with Gasteiger partial charge in [0, 0.05) is 32.7 Å². The van der Waals surface area contributed by atoms with Crippen LogP contribution in [-0.4, -0.2) is 0 Å². The number of hydrogen-bond acceptors (Lipinski definition) is 0. The van der Waals surface area contributed by atoms with Crippen LogP contribution < -0.4 is 0 Å². The summed E-state index contributed by atoms with van der Waals surface area (Å²) in [5.41, 5.74) is 9.27. The van der Waals surface area contributed by atoms with Crippen molar-refractivity contribution < 1.29 is 32.7 Å². The first-order valence-corrected chi connectivity index (χ1v) is 14.4. The molecule has 0 saturated heterocycles. The van der Waals surface area contributed by atoms with Gasteiger partial charge in [-0.25, -0.2) is 5.56 Å². The van der Waals surface area contributed by atoms with Gasteiger partial charge in [0.25, 0.3) is 0 Å². The van der Waals surface area contributed by atoms with Gasteiger partial charge in [0.15, 0.2) is 0 Å². The largest absolute Gasteiger partial charge is 0.209 e. The molecule has 8 aromatic carbocycles. The van der Waals surface area contributed by atoms with Gasteiger partial charge in [0.05, 0.1) is 0 Å². The molecule has 0 aromatic heterocycles. The van der Waals surface area contributed by atoms with Gasteiger partial charge in [-0.1, -0.05) is 121 Å². The third-order valence-electron chi connectivity index (χ3n) is 8.23. The van der Waals surface area contributed by atoms with Crippen LogP contribution in [-0.2, 0) is 32.7 Å². The average molecular weight is 620 g/mol. The minimum Gasteiger partial charge on any atom is -0.209 e. The van der Waals surface area contributed by atoms with Crippen molar-refractivity contribution >= 4 is 32.3 Å². The molecular formula is C42H26Y-2. The fraction of sp³-hybridized carbons (Fsp3) is 0. The van der Waals surface area contributed by atoms with Crippen molar-refractivity contribution in [3.8, 4) is 44.5 Å². The van der Waals surface area contributed by atoms with Crippen molar-refractivity contribution in [2.45, 2.75) is 0 Å². The molecule has 0 spiro atoms. The fourth-order valence-corrected chi connectivity index (χ4v) is 6.28. The molecule has 1 radical (unpaired) electrons. The first kappa shape index (κ1) is 27.5. The Kier molecular flexibility index (Phi) is 7.50. The Morgan fingerprint density at radius 1 is 0.349 bits per heavy atom. The zero-order valence-electron chi connectivity index (χ0n) is 23.6. The fourth-order valence-electron chi connectivity index (χ4n) is 6.28. The summed E-state index contributed by atoms with van der Waals surface area (Å²) in [7, 11) is 0. The Morgan fingerprint density at radius 2 is 0.953 bits per heavy atom. The number of benzene rings is 8. The maximum atomic E-state index is 3.79. The second kappa shape index (κ2) is 11.7. The Bertz CT molecular complexity index is 2190. The zero-order valence-corrected chi connectivity index (χ0v) is 26.4. The molecule has 0 aliphatic carbocycles. The van der Waals surface area contributed by atoms with Crippen LogP contribution in [0, 0.1) is 12.1 Å². The van der Waals surface area contributed by atoms with Crippen molar-refractivity contribution in [3.63, 3.8) is 0 Å². The second-order valence-electron chi connectivity index (χ2n) is 10.7. The summed E-state index contributed by atoms with van der Waals surface area (Å²) in [5, 5.41) is 7.47. The van der Waals surface area contributed by atoms with Crippen LogP contribution in [0.25, 0.3) is 76.8 Å². The second-order valence-corrected chi connectivity index (χ2v) is 10.7. The molecule has 0 heterocycles. The number of rotatable bonds is 4. The molecule has 0 nitrogen and oxygen atoms in total. The first-order chi connectivity index (χ1) is 20.8. The van der Waals surface area contributed by atoms with E-state index in [4.69, 9.17) is 0 Å². The summed E-state index contributed by atoms with van der Waals surface area (Å²) in [6.45, 7) is 0. The van der Waals surface area contributed by atoms with E-state index >= 15 is 0 Å². The van der Waals surface area contributed by atoms with E-state index in [1.807, 2.05) is 6.07 Å². The van der Waals surface area contributed by atoms with Gasteiger partial charge in [-0.15, -0.1) is 29.3 Å². The number of hydrogen-bond donors (Lipinski definition) is 0. The Morgan fingerprint density at radius 3 is 1.67 bits per heavy atom. The predicted octanol–water partition coefficient (Wildman–Crippen LogP) is 11.4.